The van der Waals surface area contributed by atoms with Crippen LogP contribution in [0.4, 0.5) is 0 Å². The zero-order valence-corrected chi connectivity index (χ0v) is 17.3. The number of Topliss-reactive ketones (excluding diaryl/α,β-unsaturated/α-hetero) is 1. The number of hydrogen-bond acceptors (Lipinski definition) is 7. The van der Waals surface area contributed by atoms with Crippen LogP contribution >= 0.6 is 0 Å². The predicted molar refractivity (Wildman–Crippen MR) is 118 cm³/mol. The maximum atomic E-state index is 13.1. The van der Waals surface area contributed by atoms with Gasteiger partial charge in [-0.15, -0.1) is 0 Å². The van der Waals surface area contributed by atoms with E-state index in [0.717, 1.165) is 42.7 Å². The van der Waals surface area contributed by atoms with E-state index in [0.29, 0.717) is 34.9 Å². The van der Waals surface area contributed by atoms with Crippen LogP contribution in [0.25, 0.3) is 22.7 Å². The number of aromatic nitrogens is 3. The molecular weight excluding hydrogens is 394 g/mol. The van der Waals surface area contributed by atoms with E-state index in [2.05, 4.69) is 32.0 Å². The highest BCUT2D eigenvalue weighted by atomic mass is 16.5. The molecule has 2 aliphatic rings. The first-order valence-electron chi connectivity index (χ1n) is 10.2. The number of piperazine rings is 1. The highest BCUT2D eigenvalue weighted by Crippen LogP contribution is 2.43. The van der Waals surface area contributed by atoms with Crippen LogP contribution < -0.4 is 14.8 Å². The van der Waals surface area contributed by atoms with E-state index in [9.17, 15) is 4.79 Å². The number of methoxy groups -OCH3 is 1. The maximum absolute atomic E-state index is 13.1. The molecule has 0 saturated carbocycles. The van der Waals surface area contributed by atoms with E-state index < -0.39 is 0 Å². The van der Waals surface area contributed by atoms with E-state index in [4.69, 9.17) is 9.47 Å². The summed E-state index contributed by atoms with van der Waals surface area (Å²) in [5.74, 6) is 1.17. The molecule has 8 nitrogen and oxygen atoms in total. The third kappa shape index (κ3) is 3.49. The van der Waals surface area contributed by atoms with Gasteiger partial charge >= 0.3 is 0 Å². The summed E-state index contributed by atoms with van der Waals surface area (Å²) in [6.45, 7) is 8.77. The molecule has 2 aliphatic heterocycles. The van der Waals surface area contributed by atoms with Crippen molar-refractivity contribution in [2.75, 3.05) is 39.8 Å². The summed E-state index contributed by atoms with van der Waals surface area (Å²) >= 11 is 0. The van der Waals surface area contributed by atoms with Gasteiger partial charge in [-0.05, 0) is 29.8 Å². The van der Waals surface area contributed by atoms with Gasteiger partial charge in [0.2, 0.25) is 5.78 Å². The third-order valence-electron chi connectivity index (χ3n) is 5.63. The average molecular weight is 417 g/mol. The molecule has 0 aliphatic carbocycles. The second kappa shape index (κ2) is 7.98. The van der Waals surface area contributed by atoms with Crippen molar-refractivity contribution in [3.63, 3.8) is 0 Å². The van der Waals surface area contributed by atoms with Gasteiger partial charge in [-0.1, -0.05) is 6.58 Å². The van der Waals surface area contributed by atoms with E-state index >= 15 is 0 Å². The first kappa shape index (κ1) is 19.5. The van der Waals surface area contributed by atoms with Gasteiger partial charge in [-0.25, -0.2) is 4.98 Å². The summed E-state index contributed by atoms with van der Waals surface area (Å²) in [6.07, 6.45) is 3.34. The number of ether oxygens (including phenoxy) is 2. The molecule has 2 N–H and O–H groups in total. The molecule has 0 bridgehead atoms. The molecule has 1 saturated heterocycles. The molecule has 5 rings (SSSR count). The molecule has 158 valence electrons. The number of nitrogens with zero attached hydrogens (tertiary/aromatic N) is 3. The third-order valence-corrected chi connectivity index (χ3v) is 5.63. The highest BCUT2D eigenvalue weighted by molar-refractivity contribution is 6.16. The van der Waals surface area contributed by atoms with Crippen LogP contribution in [0.3, 0.4) is 0 Å². The zero-order chi connectivity index (χ0) is 21.4. The molecule has 1 aromatic carbocycles. The topological polar surface area (TPSA) is 92.4 Å². The number of allylic oxidation sites excluding steroid dienone is 1. The van der Waals surface area contributed by atoms with Crippen molar-refractivity contribution >= 4 is 28.5 Å². The normalized spacial score (nSPS) is 17.7. The van der Waals surface area contributed by atoms with Gasteiger partial charge < -0.3 is 14.8 Å². The van der Waals surface area contributed by atoms with Crippen molar-refractivity contribution in [3.8, 4) is 11.5 Å². The number of hydrogen-bond donors (Lipinski definition) is 2. The molecular formula is C23H23N5O3. The number of benzene rings is 1. The summed E-state index contributed by atoms with van der Waals surface area (Å²) in [5.41, 5.74) is 3.36. The van der Waals surface area contributed by atoms with Crippen LogP contribution in [0, 0.1) is 0 Å². The van der Waals surface area contributed by atoms with Crippen LogP contribution in [-0.4, -0.2) is 65.7 Å². The summed E-state index contributed by atoms with van der Waals surface area (Å²) in [7, 11) is 1.61. The molecule has 2 aromatic heterocycles. The van der Waals surface area contributed by atoms with Crippen LogP contribution in [0.2, 0.25) is 0 Å². The second-order valence-electron chi connectivity index (χ2n) is 7.60. The maximum Gasteiger partial charge on any atom is 0.232 e. The molecule has 0 radical (unpaired) electrons. The highest BCUT2D eigenvalue weighted by Gasteiger charge is 2.33. The Hall–Kier alpha value is -3.49. The Labute approximate surface area is 179 Å². The average Bonchev–Trinajstić information content (AvgIpc) is 3.35. The Morgan fingerprint density at radius 2 is 2.16 bits per heavy atom. The first-order valence-corrected chi connectivity index (χ1v) is 10.2. The zero-order valence-electron chi connectivity index (χ0n) is 17.3. The Balaban J connectivity index is 1.50. The van der Waals surface area contributed by atoms with Gasteiger partial charge in [0.1, 0.15) is 11.5 Å². The second-order valence-corrected chi connectivity index (χ2v) is 7.60. The lowest BCUT2D eigenvalue weighted by Gasteiger charge is -2.28. The van der Waals surface area contributed by atoms with Crippen LogP contribution in [0.15, 0.2) is 42.8 Å². The predicted octanol–water partition coefficient (Wildman–Crippen LogP) is 2.50. The molecule has 0 amide bonds. The summed E-state index contributed by atoms with van der Waals surface area (Å²) in [6, 6.07) is 7.27. The number of aromatic amines is 1. The fourth-order valence-corrected chi connectivity index (χ4v) is 4.07. The van der Waals surface area contributed by atoms with Gasteiger partial charge in [0.05, 0.1) is 23.9 Å². The smallest absolute Gasteiger partial charge is 0.232 e. The van der Waals surface area contributed by atoms with Crippen LogP contribution in [0.5, 0.6) is 11.5 Å². The number of H-pyrrole nitrogens is 1. The van der Waals surface area contributed by atoms with Crippen molar-refractivity contribution in [3.05, 3.63) is 59.6 Å². The van der Waals surface area contributed by atoms with Crippen molar-refractivity contribution in [2.45, 2.75) is 0 Å². The minimum Gasteiger partial charge on any atom is -0.496 e. The Bertz CT molecular complexity index is 1210. The Morgan fingerprint density at radius 1 is 1.32 bits per heavy atom. The molecule has 0 unspecified atom stereocenters. The SMILES string of the molecule is C=C(CN1CCNCC1)c1c(OC)ccc2c1O/C(=C\c1n[nH]c3ncccc13)C2=O. The van der Waals surface area contributed by atoms with Crippen molar-refractivity contribution in [1.82, 2.24) is 25.4 Å². The quantitative estimate of drug-likeness (QED) is 0.616. The lowest BCUT2D eigenvalue weighted by molar-refractivity contribution is 0.101. The fourth-order valence-electron chi connectivity index (χ4n) is 4.07. The lowest BCUT2D eigenvalue weighted by atomic mass is 9.99. The van der Waals surface area contributed by atoms with Gasteiger partial charge in [0.15, 0.2) is 11.4 Å². The minimum absolute atomic E-state index is 0.186. The molecule has 8 heteroatoms. The van der Waals surface area contributed by atoms with Crippen LogP contribution in [-0.2, 0) is 0 Å². The standard InChI is InChI=1S/C23H23N5O3/c1-14(13-28-10-8-24-9-11-28)20-18(30-2)6-5-16-21(29)19(31-22(16)20)12-17-15-4-3-7-25-23(15)27-26-17/h3-7,12,24H,1,8-11,13H2,2H3,(H,25,26,27)/b19-12-. The van der Waals surface area contributed by atoms with Crippen molar-refractivity contribution in [1.29, 1.82) is 0 Å². The molecule has 31 heavy (non-hydrogen) atoms. The minimum atomic E-state index is -0.186. The first-order chi connectivity index (χ1) is 15.2. The van der Waals surface area contributed by atoms with Crippen molar-refractivity contribution in [2.24, 2.45) is 0 Å². The number of fused-ring (bicyclic) bond motifs is 2. The number of pyridine rings is 1. The molecule has 0 spiro atoms. The van der Waals surface area contributed by atoms with Gasteiger partial charge in [0.25, 0.3) is 0 Å². The molecule has 0 atom stereocenters. The van der Waals surface area contributed by atoms with E-state index in [1.807, 2.05) is 12.1 Å². The Kier molecular flexibility index (Phi) is 5.01. The van der Waals surface area contributed by atoms with Gasteiger partial charge in [-0.3, -0.25) is 14.8 Å². The van der Waals surface area contributed by atoms with Gasteiger partial charge in [-0.2, -0.15) is 5.10 Å². The Morgan fingerprint density at radius 3 is 2.97 bits per heavy atom. The molecule has 1 fully saturated rings. The monoisotopic (exact) mass is 417 g/mol. The lowest BCUT2D eigenvalue weighted by Crippen LogP contribution is -2.43. The van der Waals surface area contributed by atoms with E-state index in [1.165, 1.54) is 0 Å². The van der Waals surface area contributed by atoms with E-state index in [1.54, 1.807) is 31.5 Å². The van der Waals surface area contributed by atoms with Crippen molar-refractivity contribution < 1.29 is 14.3 Å². The number of ketones is 1. The number of carbonyl (C=O) groups is 1. The summed E-state index contributed by atoms with van der Waals surface area (Å²) in [4.78, 5) is 19.7. The number of rotatable bonds is 5. The summed E-state index contributed by atoms with van der Waals surface area (Å²) in [5, 5.41) is 11.3. The van der Waals surface area contributed by atoms with E-state index in [-0.39, 0.29) is 11.5 Å². The van der Waals surface area contributed by atoms with Crippen LogP contribution in [0.1, 0.15) is 21.6 Å². The number of nitrogens with one attached hydrogen (secondary N) is 2. The molecule has 4 heterocycles. The fraction of sp³-hybridized carbons (Fsp3) is 0.261. The number of carbonyl (C=O) groups excluding carboxylic acids is 1. The largest absolute Gasteiger partial charge is 0.496 e. The van der Waals surface area contributed by atoms with Gasteiger partial charge in [0, 0.05) is 50.4 Å². The summed E-state index contributed by atoms with van der Waals surface area (Å²) < 4.78 is 11.7. The molecule has 3 aromatic rings.